The first-order chi connectivity index (χ1) is 9.06. The van der Waals surface area contributed by atoms with Crippen LogP contribution in [0.3, 0.4) is 0 Å². The van der Waals surface area contributed by atoms with E-state index in [2.05, 4.69) is 12.2 Å². The molecule has 2 rings (SSSR count). The highest BCUT2D eigenvalue weighted by molar-refractivity contribution is 5.79. The summed E-state index contributed by atoms with van der Waals surface area (Å²) < 4.78 is 12.8. The molecule has 1 heterocycles. The number of hydrogen-bond donors (Lipinski definition) is 1. The van der Waals surface area contributed by atoms with E-state index in [9.17, 15) is 9.18 Å². The van der Waals surface area contributed by atoms with Crippen LogP contribution in [0.2, 0.25) is 0 Å². The van der Waals surface area contributed by atoms with Gasteiger partial charge >= 0.3 is 0 Å². The van der Waals surface area contributed by atoms with E-state index >= 15 is 0 Å². The molecule has 0 saturated carbocycles. The standard InChI is InChI=1S/C15H21FN2O/c1-11-7-13(9-17-8-11)15(19)18(2)10-12-3-5-14(16)6-4-12/h3-6,11,13,17H,7-10H2,1-2H3. The van der Waals surface area contributed by atoms with E-state index in [0.29, 0.717) is 12.5 Å². The third kappa shape index (κ3) is 3.77. The van der Waals surface area contributed by atoms with Crippen LogP contribution in [0.1, 0.15) is 18.9 Å². The molecule has 1 aliphatic heterocycles. The maximum Gasteiger partial charge on any atom is 0.227 e. The third-order valence-corrected chi connectivity index (χ3v) is 3.63. The van der Waals surface area contributed by atoms with Crippen LogP contribution in [0.5, 0.6) is 0 Å². The van der Waals surface area contributed by atoms with Gasteiger partial charge in [-0.15, -0.1) is 0 Å². The van der Waals surface area contributed by atoms with E-state index in [1.165, 1.54) is 12.1 Å². The minimum Gasteiger partial charge on any atom is -0.341 e. The molecule has 1 N–H and O–H groups in total. The van der Waals surface area contributed by atoms with Crippen molar-refractivity contribution < 1.29 is 9.18 Å². The molecule has 0 aliphatic carbocycles. The van der Waals surface area contributed by atoms with E-state index in [0.717, 1.165) is 25.1 Å². The van der Waals surface area contributed by atoms with Gasteiger partial charge in [0.05, 0.1) is 5.92 Å². The van der Waals surface area contributed by atoms with Crippen molar-refractivity contribution in [1.29, 1.82) is 0 Å². The van der Waals surface area contributed by atoms with E-state index < -0.39 is 0 Å². The van der Waals surface area contributed by atoms with Crippen LogP contribution in [0.15, 0.2) is 24.3 Å². The van der Waals surface area contributed by atoms with Crippen molar-refractivity contribution in [1.82, 2.24) is 10.2 Å². The highest BCUT2D eigenvalue weighted by Crippen LogP contribution is 2.18. The second-order valence-corrected chi connectivity index (χ2v) is 5.52. The predicted molar refractivity (Wildman–Crippen MR) is 73.0 cm³/mol. The summed E-state index contributed by atoms with van der Waals surface area (Å²) in [7, 11) is 1.81. The second-order valence-electron chi connectivity index (χ2n) is 5.52. The molecule has 0 bridgehead atoms. The quantitative estimate of drug-likeness (QED) is 0.906. The van der Waals surface area contributed by atoms with Crippen LogP contribution in [-0.4, -0.2) is 30.9 Å². The molecule has 1 aliphatic rings. The Morgan fingerprint density at radius 2 is 2.05 bits per heavy atom. The lowest BCUT2D eigenvalue weighted by atomic mass is 9.91. The molecule has 1 fully saturated rings. The molecule has 1 aromatic rings. The van der Waals surface area contributed by atoms with E-state index in [4.69, 9.17) is 0 Å². The van der Waals surface area contributed by atoms with Gasteiger partial charge in [-0.05, 0) is 36.6 Å². The molecule has 0 spiro atoms. The number of benzene rings is 1. The Kier molecular flexibility index (Phi) is 4.53. The highest BCUT2D eigenvalue weighted by atomic mass is 19.1. The van der Waals surface area contributed by atoms with Gasteiger partial charge in [0, 0.05) is 20.1 Å². The van der Waals surface area contributed by atoms with Crippen LogP contribution >= 0.6 is 0 Å². The number of hydrogen-bond acceptors (Lipinski definition) is 2. The summed E-state index contributed by atoms with van der Waals surface area (Å²) >= 11 is 0. The van der Waals surface area contributed by atoms with Crippen LogP contribution < -0.4 is 5.32 Å². The number of nitrogens with one attached hydrogen (secondary N) is 1. The number of rotatable bonds is 3. The van der Waals surface area contributed by atoms with Gasteiger partial charge in [0.1, 0.15) is 5.82 Å². The number of nitrogens with zero attached hydrogens (tertiary/aromatic N) is 1. The first-order valence-corrected chi connectivity index (χ1v) is 6.76. The molecular weight excluding hydrogens is 243 g/mol. The van der Waals surface area contributed by atoms with E-state index in [1.54, 1.807) is 17.0 Å². The van der Waals surface area contributed by atoms with Crippen molar-refractivity contribution in [3.63, 3.8) is 0 Å². The van der Waals surface area contributed by atoms with Crippen LogP contribution in [0.25, 0.3) is 0 Å². The van der Waals surface area contributed by atoms with Crippen molar-refractivity contribution in [3.05, 3.63) is 35.6 Å². The van der Waals surface area contributed by atoms with Crippen molar-refractivity contribution >= 4 is 5.91 Å². The Balaban J connectivity index is 1.93. The van der Waals surface area contributed by atoms with Crippen LogP contribution in [-0.2, 0) is 11.3 Å². The molecule has 1 aromatic carbocycles. The summed E-state index contributed by atoms with van der Waals surface area (Å²) in [6.45, 7) is 4.44. The lowest BCUT2D eigenvalue weighted by molar-refractivity contribution is -0.135. The average molecular weight is 264 g/mol. The fourth-order valence-corrected chi connectivity index (χ4v) is 2.60. The second kappa shape index (κ2) is 6.15. The molecule has 4 heteroatoms. The average Bonchev–Trinajstić information content (AvgIpc) is 2.40. The monoisotopic (exact) mass is 264 g/mol. The van der Waals surface area contributed by atoms with Gasteiger partial charge in [-0.2, -0.15) is 0 Å². The molecule has 0 radical (unpaired) electrons. The molecule has 1 amide bonds. The first-order valence-electron chi connectivity index (χ1n) is 6.76. The van der Waals surface area contributed by atoms with E-state index in [-0.39, 0.29) is 17.6 Å². The lowest BCUT2D eigenvalue weighted by Crippen LogP contribution is -2.43. The Morgan fingerprint density at radius 3 is 2.68 bits per heavy atom. The van der Waals surface area contributed by atoms with Crippen molar-refractivity contribution in [2.24, 2.45) is 11.8 Å². The molecular formula is C15H21FN2O. The molecule has 2 unspecified atom stereocenters. The summed E-state index contributed by atoms with van der Waals surface area (Å²) in [6, 6.07) is 6.30. The predicted octanol–water partition coefficient (Wildman–Crippen LogP) is 2.03. The summed E-state index contributed by atoms with van der Waals surface area (Å²) in [5.41, 5.74) is 0.953. The summed E-state index contributed by atoms with van der Waals surface area (Å²) in [6.07, 6.45) is 0.944. The van der Waals surface area contributed by atoms with Gasteiger partial charge < -0.3 is 10.2 Å². The third-order valence-electron chi connectivity index (χ3n) is 3.63. The molecule has 104 valence electrons. The Labute approximate surface area is 113 Å². The Bertz CT molecular complexity index is 432. The normalized spacial score (nSPS) is 23.1. The summed E-state index contributed by atoms with van der Waals surface area (Å²) in [5.74, 6) is 0.530. The Morgan fingerprint density at radius 1 is 1.37 bits per heavy atom. The lowest BCUT2D eigenvalue weighted by Gasteiger charge is -2.30. The molecule has 1 saturated heterocycles. The van der Waals surface area contributed by atoms with E-state index in [1.807, 2.05) is 7.05 Å². The van der Waals surface area contributed by atoms with Crippen molar-refractivity contribution in [2.45, 2.75) is 19.9 Å². The zero-order chi connectivity index (χ0) is 13.8. The summed E-state index contributed by atoms with van der Waals surface area (Å²) in [5, 5.41) is 3.29. The zero-order valence-electron chi connectivity index (χ0n) is 11.5. The first kappa shape index (κ1) is 14.0. The van der Waals surface area contributed by atoms with Crippen LogP contribution in [0.4, 0.5) is 4.39 Å². The van der Waals surface area contributed by atoms with Crippen molar-refractivity contribution in [3.8, 4) is 0 Å². The van der Waals surface area contributed by atoms with Gasteiger partial charge in [-0.25, -0.2) is 4.39 Å². The Hall–Kier alpha value is -1.42. The minimum absolute atomic E-state index is 0.0641. The molecule has 0 aromatic heterocycles. The van der Waals surface area contributed by atoms with Crippen molar-refractivity contribution in [2.75, 3.05) is 20.1 Å². The molecule has 3 nitrogen and oxygen atoms in total. The zero-order valence-corrected chi connectivity index (χ0v) is 11.5. The fourth-order valence-electron chi connectivity index (χ4n) is 2.60. The number of piperidine rings is 1. The number of amides is 1. The molecule has 2 atom stereocenters. The van der Waals surface area contributed by atoms with Gasteiger partial charge in [-0.3, -0.25) is 4.79 Å². The number of carbonyl (C=O) groups excluding carboxylic acids is 1. The maximum atomic E-state index is 12.8. The largest absolute Gasteiger partial charge is 0.341 e. The smallest absolute Gasteiger partial charge is 0.227 e. The fraction of sp³-hybridized carbons (Fsp3) is 0.533. The minimum atomic E-state index is -0.247. The highest BCUT2D eigenvalue weighted by Gasteiger charge is 2.27. The van der Waals surface area contributed by atoms with Gasteiger partial charge in [-0.1, -0.05) is 19.1 Å². The topological polar surface area (TPSA) is 32.3 Å². The maximum absolute atomic E-state index is 12.8. The SMILES string of the molecule is CC1CNCC(C(=O)N(C)Cc2ccc(F)cc2)C1. The van der Waals surface area contributed by atoms with Gasteiger partial charge in [0.2, 0.25) is 5.91 Å². The van der Waals surface area contributed by atoms with Gasteiger partial charge in [0.15, 0.2) is 0 Å². The number of halogens is 1. The number of carbonyl (C=O) groups is 1. The summed E-state index contributed by atoms with van der Waals surface area (Å²) in [4.78, 5) is 14.1. The molecule has 19 heavy (non-hydrogen) atoms. The van der Waals surface area contributed by atoms with Gasteiger partial charge in [0.25, 0.3) is 0 Å². The van der Waals surface area contributed by atoms with Crippen LogP contribution in [0, 0.1) is 17.7 Å².